The highest BCUT2D eigenvalue weighted by atomic mass is 19.2. The fourth-order valence-corrected chi connectivity index (χ4v) is 3.54. The Hall–Kier alpha value is -2.91. The Labute approximate surface area is 173 Å². The van der Waals surface area contributed by atoms with E-state index in [9.17, 15) is 13.9 Å². The number of aromatic nitrogens is 4. The van der Waals surface area contributed by atoms with Crippen LogP contribution in [-0.2, 0) is 11.2 Å². The SMILES string of the molecule is Cc1cc(C)n(-c2nc(Cc3ccc(F)c(F)c3)cc(N3CCO[C@@H](CO)C3)n2)n1. The standard InChI is InChI=1S/C21H23F2N5O2/c1-13-7-14(2)28(26-13)21-24-16(8-15-3-4-18(22)19(23)9-15)10-20(25-21)27-5-6-30-17(11-27)12-29/h3-4,7,9-10,17,29H,5-6,8,11-12H2,1-2H3/t17-/m1/s1. The van der Waals surface area contributed by atoms with E-state index >= 15 is 0 Å². The first-order valence-electron chi connectivity index (χ1n) is 9.76. The van der Waals surface area contributed by atoms with Crippen LogP contribution in [0.25, 0.3) is 5.95 Å². The van der Waals surface area contributed by atoms with Gasteiger partial charge in [0.1, 0.15) is 5.82 Å². The summed E-state index contributed by atoms with van der Waals surface area (Å²) in [7, 11) is 0. The zero-order valence-corrected chi connectivity index (χ0v) is 16.8. The molecule has 0 spiro atoms. The molecule has 0 saturated carbocycles. The van der Waals surface area contributed by atoms with Gasteiger partial charge in [0.2, 0.25) is 0 Å². The molecule has 0 bridgehead atoms. The van der Waals surface area contributed by atoms with Crippen molar-refractivity contribution in [2.45, 2.75) is 26.4 Å². The Kier molecular flexibility index (Phi) is 5.74. The number of aliphatic hydroxyl groups excluding tert-OH is 1. The van der Waals surface area contributed by atoms with Gasteiger partial charge in [0.05, 0.1) is 30.7 Å². The van der Waals surface area contributed by atoms with Gasteiger partial charge in [-0.2, -0.15) is 10.1 Å². The maximum absolute atomic E-state index is 13.7. The molecule has 1 aliphatic rings. The van der Waals surface area contributed by atoms with E-state index in [0.29, 0.717) is 49.1 Å². The number of ether oxygens (including phenoxy) is 1. The first-order valence-corrected chi connectivity index (χ1v) is 9.76. The van der Waals surface area contributed by atoms with Crippen molar-refractivity contribution in [2.75, 3.05) is 31.2 Å². The Bertz CT molecular complexity index is 1060. The highest BCUT2D eigenvalue weighted by molar-refractivity contribution is 5.44. The number of hydrogen-bond donors (Lipinski definition) is 1. The minimum absolute atomic E-state index is 0.0758. The predicted molar refractivity (Wildman–Crippen MR) is 107 cm³/mol. The Morgan fingerprint density at radius 3 is 2.67 bits per heavy atom. The van der Waals surface area contributed by atoms with Crippen molar-refractivity contribution in [2.24, 2.45) is 0 Å². The van der Waals surface area contributed by atoms with Crippen LogP contribution in [0.4, 0.5) is 14.6 Å². The fourth-order valence-electron chi connectivity index (χ4n) is 3.54. The normalized spacial score (nSPS) is 16.8. The molecular weight excluding hydrogens is 392 g/mol. The second-order valence-electron chi connectivity index (χ2n) is 7.40. The lowest BCUT2D eigenvalue weighted by Gasteiger charge is -2.33. The number of aryl methyl sites for hydroxylation is 2. The molecule has 2 aromatic heterocycles. The van der Waals surface area contributed by atoms with Gasteiger partial charge in [-0.05, 0) is 37.6 Å². The maximum Gasteiger partial charge on any atom is 0.252 e. The van der Waals surface area contributed by atoms with Crippen molar-refractivity contribution in [3.05, 3.63) is 64.6 Å². The number of hydrogen-bond acceptors (Lipinski definition) is 6. The minimum Gasteiger partial charge on any atom is -0.394 e. The van der Waals surface area contributed by atoms with Gasteiger partial charge in [0, 0.05) is 31.3 Å². The Morgan fingerprint density at radius 1 is 1.13 bits per heavy atom. The van der Waals surface area contributed by atoms with Crippen LogP contribution in [0.1, 0.15) is 22.6 Å². The van der Waals surface area contributed by atoms with Gasteiger partial charge >= 0.3 is 0 Å². The molecule has 30 heavy (non-hydrogen) atoms. The van der Waals surface area contributed by atoms with E-state index in [1.165, 1.54) is 6.07 Å². The molecule has 0 radical (unpaired) electrons. The summed E-state index contributed by atoms with van der Waals surface area (Å²) in [6.07, 6.45) is 0.0211. The zero-order valence-electron chi connectivity index (χ0n) is 16.8. The molecule has 3 heterocycles. The average Bonchev–Trinajstić information content (AvgIpc) is 3.08. The van der Waals surface area contributed by atoms with E-state index < -0.39 is 11.6 Å². The van der Waals surface area contributed by atoms with Gasteiger partial charge in [0.25, 0.3) is 5.95 Å². The lowest BCUT2D eigenvalue weighted by Crippen LogP contribution is -2.44. The van der Waals surface area contributed by atoms with Crippen LogP contribution in [-0.4, -0.2) is 57.3 Å². The first kappa shape index (κ1) is 20.4. The monoisotopic (exact) mass is 415 g/mol. The number of halogens is 2. The van der Waals surface area contributed by atoms with E-state index in [0.717, 1.165) is 17.5 Å². The van der Waals surface area contributed by atoms with E-state index in [4.69, 9.17) is 4.74 Å². The highest BCUT2D eigenvalue weighted by Crippen LogP contribution is 2.21. The number of benzene rings is 1. The summed E-state index contributed by atoms with van der Waals surface area (Å²) in [5.74, 6) is -0.692. The summed E-state index contributed by atoms with van der Waals surface area (Å²) in [5, 5.41) is 13.9. The molecule has 7 nitrogen and oxygen atoms in total. The van der Waals surface area contributed by atoms with Crippen LogP contribution in [0.5, 0.6) is 0 Å². The van der Waals surface area contributed by atoms with Crippen LogP contribution in [0.3, 0.4) is 0 Å². The quantitative estimate of drug-likeness (QED) is 0.690. The van der Waals surface area contributed by atoms with Crippen molar-refractivity contribution >= 4 is 5.82 Å². The molecule has 1 atom stereocenters. The van der Waals surface area contributed by atoms with Gasteiger partial charge in [0.15, 0.2) is 11.6 Å². The molecule has 0 unspecified atom stereocenters. The summed E-state index contributed by atoms with van der Waals surface area (Å²) in [4.78, 5) is 11.3. The van der Waals surface area contributed by atoms with E-state index in [-0.39, 0.29) is 12.7 Å². The molecule has 1 N–H and O–H groups in total. The second-order valence-corrected chi connectivity index (χ2v) is 7.40. The van der Waals surface area contributed by atoms with Crippen molar-refractivity contribution in [1.82, 2.24) is 19.7 Å². The molecule has 158 valence electrons. The van der Waals surface area contributed by atoms with Gasteiger partial charge < -0.3 is 14.7 Å². The molecule has 1 aromatic carbocycles. The molecule has 1 fully saturated rings. The second kappa shape index (κ2) is 8.45. The maximum atomic E-state index is 13.7. The zero-order chi connectivity index (χ0) is 21.3. The lowest BCUT2D eigenvalue weighted by molar-refractivity contribution is 0.00335. The molecule has 1 aliphatic heterocycles. The Morgan fingerprint density at radius 2 is 1.97 bits per heavy atom. The lowest BCUT2D eigenvalue weighted by atomic mass is 10.1. The van der Waals surface area contributed by atoms with E-state index in [1.807, 2.05) is 30.9 Å². The molecule has 4 rings (SSSR count). The van der Waals surface area contributed by atoms with Crippen LogP contribution in [0, 0.1) is 25.5 Å². The number of aliphatic hydroxyl groups is 1. The van der Waals surface area contributed by atoms with Crippen LogP contribution in [0.15, 0.2) is 30.3 Å². The van der Waals surface area contributed by atoms with Gasteiger partial charge in [-0.25, -0.2) is 18.4 Å². The van der Waals surface area contributed by atoms with Gasteiger partial charge in [-0.1, -0.05) is 6.07 Å². The van der Waals surface area contributed by atoms with Crippen LogP contribution in [0.2, 0.25) is 0 Å². The van der Waals surface area contributed by atoms with Crippen molar-refractivity contribution < 1.29 is 18.6 Å². The van der Waals surface area contributed by atoms with Crippen molar-refractivity contribution in [1.29, 1.82) is 0 Å². The number of rotatable bonds is 5. The summed E-state index contributed by atoms with van der Waals surface area (Å²) in [6.45, 7) is 5.32. The molecule has 1 saturated heterocycles. The van der Waals surface area contributed by atoms with Crippen LogP contribution < -0.4 is 4.90 Å². The average molecular weight is 415 g/mol. The summed E-state index contributed by atoms with van der Waals surface area (Å²) < 4.78 is 34.2. The Balaban J connectivity index is 1.73. The van der Waals surface area contributed by atoms with Gasteiger partial charge in [-0.15, -0.1) is 0 Å². The third kappa shape index (κ3) is 4.31. The fraction of sp³-hybridized carbons (Fsp3) is 0.381. The summed E-state index contributed by atoms with van der Waals surface area (Å²) in [6, 6.07) is 7.59. The van der Waals surface area contributed by atoms with Crippen molar-refractivity contribution in [3.63, 3.8) is 0 Å². The summed E-state index contributed by atoms with van der Waals surface area (Å²) in [5.41, 5.74) is 2.99. The number of morpholine rings is 1. The molecule has 3 aromatic rings. The van der Waals surface area contributed by atoms with E-state index in [2.05, 4.69) is 15.1 Å². The smallest absolute Gasteiger partial charge is 0.252 e. The number of nitrogens with zero attached hydrogens (tertiary/aromatic N) is 5. The molecule has 9 heteroatoms. The molecule has 0 aliphatic carbocycles. The largest absolute Gasteiger partial charge is 0.394 e. The topological polar surface area (TPSA) is 76.3 Å². The summed E-state index contributed by atoms with van der Waals surface area (Å²) >= 11 is 0. The van der Waals surface area contributed by atoms with E-state index in [1.54, 1.807) is 10.7 Å². The number of anilines is 1. The third-order valence-corrected chi connectivity index (χ3v) is 4.99. The molecule has 0 amide bonds. The van der Waals surface area contributed by atoms with Crippen LogP contribution >= 0.6 is 0 Å². The first-order chi connectivity index (χ1) is 14.4. The van der Waals surface area contributed by atoms with Gasteiger partial charge in [-0.3, -0.25) is 0 Å². The third-order valence-electron chi connectivity index (χ3n) is 4.99. The minimum atomic E-state index is -0.889. The highest BCUT2D eigenvalue weighted by Gasteiger charge is 2.22. The molecular formula is C21H23F2N5O2. The predicted octanol–water partition coefficient (Wildman–Crippen LogP) is 2.35. The van der Waals surface area contributed by atoms with Crippen molar-refractivity contribution in [3.8, 4) is 5.95 Å².